The zero-order valence-corrected chi connectivity index (χ0v) is 17.4. The van der Waals surface area contributed by atoms with Crippen molar-refractivity contribution in [2.45, 2.75) is 27.3 Å². The van der Waals surface area contributed by atoms with Gasteiger partial charge in [-0.05, 0) is 12.1 Å². The fourth-order valence-electron chi connectivity index (χ4n) is 2.46. The van der Waals surface area contributed by atoms with E-state index in [2.05, 4.69) is 4.98 Å². The Hall–Kier alpha value is -2.12. The summed E-state index contributed by atoms with van der Waals surface area (Å²) in [6.07, 6.45) is 1.59. The molecule has 0 aliphatic carbocycles. The van der Waals surface area contributed by atoms with Gasteiger partial charge < -0.3 is 4.74 Å². The van der Waals surface area contributed by atoms with Crippen LogP contribution in [0.25, 0.3) is 10.6 Å². The first-order valence-electron chi connectivity index (χ1n) is 8.56. The molecule has 2 aromatic rings. The van der Waals surface area contributed by atoms with E-state index in [9.17, 15) is 9.59 Å². The number of hydrogen-bond acceptors (Lipinski definition) is 6. The van der Waals surface area contributed by atoms with E-state index in [1.54, 1.807) is 18.1 Å². The highest BCUT2D eigenvalue weighted by molar-refractivity contribution is 8.04. The second-order valence-electron chi connectivity index (χ2n) is 7.24. The number of aromatic nitrogens is 1. The average Bonchev–Trinajstić information content (AvgIpc) is 3.23. The molecular weight excluding hydrogens is 380 g/mol. The maximum Gasteiger partial charge on any atom is 0.238 e. The number of ether oxygens (including phenoxy) is 1. The monoisotopic (exact) mass is 402 g/mol. The Labute approximate surface area is 167 Å². The first kappa shape index (κ1) is 19.6. The summed E-state index contributed by atoms with van der Waals surface area (Å²) in [7, 11) is 1.63. The van der Waals surface area contributed by atoms with Crippen LogP contribution in [0.1, 0.15) is 26.5 Å². The number of nitrogens with zero attached hydrogens (tertiary/aromatic N) is 2. The van der Waals surface area contributed by atoms with Gasteiger partial charge in [0.05, 0.1) is 30.1 Å². The van der Waals surface area contributed by atoms with Gasteiger partial charge in [-0.15, -0.1) is 11.3 Å². The SMILES string of the molecule is COc1cccc(-c2nc(CN3C(=O)CS/C3=C\C(=O)C(C)(C)C)cs2)c1. The molecule has 142 valence electrons. The molecule has 0 atom stereocenters. The van der Waals surface area contributed by atoms with E-state index < -0.39 is 5.41 Å². The fraction of sp³-hybridized carbons (Fsp3) is 0.350. The number of methoxy groups -OCH3 is 1. The molecular formula is C20H22N2O3S2. The molecule has 7 heteroatoms. The van der Waals surface area contributed by atoms with Gasteiger partial charge in [0, 0.05) is 22.4 Å². The first-order chi connectivity index (χ1) is 12.8. The molecule has 1 aliphatic heterocycles. The van der Waals surface area contributed by atoms with Gasteiger partial charge in [-0.2, -0.15) is 0 Å². The third-order valence-electron chi connectivity index (χ3n) is 4.09. The Kier molecular flexibility index (Phi) is 5.72. The molecule has 0 spiro atoms. The van der Waals surface area contributed by atoms with E-state index in [-0.39, 0.29) is 11.7 Å². The van der Waals surface area contributed by atoms with E-state index in [1.165, 1.54) is 23.1 Å². The van der Waals surface area contributed by atoms with Crippen LogP contribution in [0.4, 0.5) is 0 Å². The van der Waals surface area contributed by atoms with Crippen molar-refractivity contribution in [2.24, 2.45) is 5.41 Å². The highest BCUT2D eigenvalue weighted by Crippen LogP contribution is 2.33. The minimum Gasteiger partial charge on any atom is -0.497 e. The normalized spacial score (nSPS) is 16.2. The Morgan fingerprint density at radius 1 is 1.37 bits per heavy atom. The van der Waals surface area contributed by atoms with Crippen molar-refractivity contribution < 1.29 is 14.3 Å². The molecule has 2 heterocycles. The molecule has 0 unspecified atom stereocenters. The molecule has 0 N–H and O–H groups in total. The molecule has 1 fully saturated rings. The van der Waals surface area contributed by atoms with Gasteiger partial charge in [0.1, 0.15) is 10.8 Å². The predicted molar refractivity (Wildman–Crippen MR) is 110 cm³/mol. The molecule has 0 saturated carbocycles. The van der Waals surface area contributed by atoms with Gasteiger partial charge in [0.2, 0.25) is 5.91 Å². The molecule has 1 amide bonds. The molecule has 0 radical (unpaired) electrons. The minimum atomic E-state index is -0.467. The van der Waals surface area contributed by atoms with Crippen molar-refractivity contribution in [2.75, 3.05) is 12.9 Å². The van der Waals surface area contributed by atoms with Crippen LogP contribution in [0, 0.1) is 5.41 Å². The summed E-state index contributed by atoms with van der Waals surface area (Å²) >= 11 is 2.93. The van der Waals surface area contributed by atoms with E-state index in [0.717, 1.165) is 22.0 Å². The first-order valence-corrected chi connectivity index (χ1v) is 10.4. The van der Waals surface area contributed by atoms with Gasteiger partial charge in [0.25, 0.3) is 0 Å². The molecule has 0 bridgehead atoms. The van der Waals surface area contributed by atoms with Crippen LogP contribution >= 0.6 is 23.1 Å². The number of amides is 1. The Bertz CT molecular complexity index is 897. The van der Waals surface area contributed by atoms with Crippen LogP contribution in [0.15, 0.2) is 40.8 Å². The highest BCUT2D eigenvalue weighted by atomic mass is 32.2. The van der Waals surface area contributed by atoms with Crippen LogP contribution in [-0.2, 0) is 16.1 Å². The smallest absolute Gasteiger partial charge is 0.238 e. The van der Waals surface area contributed by atoms with Crippen LogP contribution in [0.2, 0.25) is 0 Å². The molecule has 3 rings (SSSR count). The largest absolute Gasteiger partial charge is 0.497 e. The lowest BCUT2D eigenvalue weighted by Crippen LogP contribution is -2.26. The molecule has 1 aliphatic rings. The van der Waals surface area contributed by atoms with E-state index in [4.69, 9.17) is 4.74 Å². The number of benzene rings is 1. The van der Waals surface area contributed by atoms with E-state index >= 15 is 0 Å². The summed E-state index contributed by atoms with van der Waals surface area (Å²) in [5.74, 6) is 1.15. The zero-order chi connectivity index (χ0) is 19.6. The maximum atomic E-state index is 12.3. The number of carbonyl (C=O) groups excluding carboxylic acids is 2. The number of rotatable bonds is 5. The number of allylic oxidation sites excluding steroid dienone is 1. The highest BCUT2D eigenvalue weighted by Gasteiger charge is 2.30. The van der Waals surface area contributed by atoms with E-state index in [0.29, 0.717) is 17.3 Å². The second-order valence-corrected chi connectivity index (χ2v) is 9.10. The summed E-state index contributed by atoms with van der Waals surface area (Å²) in [6.45, 7) is 5.99. The number of thiazole rings is 1. The summed E-state index contributed by atoms with van der Waals surface area (Å²) < 4.78 is 5.27. The molecule has 27 heavy (non-hydrogen) atoms. The van der Waals surface area contributed by atoms with Gasteiger partial charge >= 0.3 is 0 Å². The zero-order valence-electron chi connectivity index (χ0n) is 15.8. The number of carbonyl (C=O) groups is 2. The lowest BCUT2D eigenvalue weighted by atomic mass is 9.91. The maximum absolute atomic E-state index is 12.3. The Morgan fingerprint density at radius 2 is 2.15 bits per heavy atom. The molecule has 1 aromatic carbocycles. The minimum absolute atomic E-state index is 0.00360. The lowest BCUT2D eigenvalue weighted by Gasteiger charge is -2.18. The number of ketones is 1. The van der Waals surface area contributed by atoms with Crippen molar-refractivity contribution in [3.05, 3.63) is 46.4 Å². The van der Waals surface area contributed by atoms with E-state index in [1.807, 2.05) is 50.4 Å². The van der Waals surface area contributed by atoms with Crippen molar-refractivity contribution in [1.82, 2.24) is 9.88 Å². The van der Waals surface area contributed by atoms with Gasteiger partial charge in [0.15, 0.2) is 5.78 Å². The summed E-state index contributed by atoms with van der Waals surface area (Å²) in [6, 6.07) is 7.73. The summed E-state index contributed by atoms with van der Waals surface area (Å²) in [4.78, 5) is 30.9. The standard InChI is InChI=1S/C20H22N2O3S2/c1-20(2,3)16(23)9-18-22(17(24)12-26-18)10-14-11-27-19(21-14)13-6-5-7-15(8-13)25-4/h5-9,11H,10,12H2,1-4H3/b18-9-. The van der Waals surface area contributed by atoms with Gasteiger partial charge in [-0.25, -0.2) is 4.98 Å². The predicted octanol–water partition coefficient (Wildman–Crippen LogP) is 4.35. The fourth-order valence-corrected chi connectivity index (χ4v) is 4.21. The quantitative estimate of drug-likeness (QED) is 0.696. The lowest BCUT2D eigenvalue weighted by molar-refractivity contribution is -0.125. The van der Waals surface area contributed by atoms with Crippen LogP contribution in [0.5, 0.6) is 5.75 Å². The number of hydrogen-bond donors (Lipinski definition) is 0. The van der Waals surface area contributed by atoms with Crippen LogP contribution < -0.4 is 4.74 Å². The summed E-state index contributed by atoms with van der Waals surface area (Å²) in [5.41, 5.74) is 1.32. The topological polar surface area (TPSA) is 59.5 Å². The molecule has 5 nitrogen and oxygen atoms in total. The summed E-state index contributed by atoms with van der Waals surface area (Å²) in [5, 5.41) is 3.53. The second kappa shape index (κ2) is 7.86. The van der Waals surface area contributed by atoms with Crippen LogP contribution in [-0.4, -0.2) is 34.4 Å². The third-order valence-corrected chi connectivity index (χ3v) is 6.06. The van der Waals surface area contributed by atoms with Crippen molar-refractivity contribution >= 4 is 34.8 Å². The van der Waals surface area contributed by atoms with Gasteiger partial charge in [-0.1, -0.05) is 44.7 Å². The average molecular weight is 403 g/mol. The molecule has 1 saturated heterocycles. The van der Waals surface area contributed by atoms with Crippen molar-refractivity contribution in [1.29, 1.82) is 0 Å². The van der Waals surface area contributed by atoms with Gasteiger partial charge in [-0.3, -0.25) is 14.5 Å². The van der Waals surface area contributed by atoms with Crippen LogP contribution in [0.3, 0.4) is 0 Å². The Morgan fingerprint density at radius 3 is 2.85 bits per heavy atom. The van der Waals surface area contributed by atoms with Crippen molar-refractivity contribution in [3.8, 4) is 16.3 Å². The van der Waals surface area contributed by atoms with Crippen molar-refractivity contribution in [3.63, 3.8) is 0 Å². The third kappa shape index (κ3) is 4.59. The Balaban J connectivity index is 1.80. The molecule has 1 aromatic heterocycles. The number of thioether (sulfide) groups is 1.